The van der Waals surface area contributed by atoms with Crippen LogP contribution in [0.1, 0.15) is 12.5 Å². The average Bonchev–Trinajstić information content (AvgIpc) is 3.38. The maximum atomic E-state index is 12.4. The van der Waals surface area contributed by atoms with Gasteiger partial charge < -0.3 is 9.47 Å². The van der Waals surface area contributed by atoms with E-state index in [2.05, 4.69) is 15.6 Å². The van der Waals surface area contributed by atoms with Crippen molar-refractivity contribution in [1.29, 1.82) is 0 Å². The lowest BCUT2D eigenvalue weighted by molar-refractivity contribution is -0.118. The minimum atomic E-state index is -0.386. The van der Waals surface area contributed by atoms with Gasteiger partial charge >= 0.3 is 0 Å². The van der Waals surface area contributed by atoms with E-state index >= 15 is 0 Å². The fourth-order valence-electron chi connectivity index (χ4n) is 3.51. The van der Waals surface area contributed by atoms with Crippen LogP contribution in [0.15, 0.2) is 59.5 Å². The number of rotatable bonds is 7. The summed E-state index contributed by atoms with van der Waals surface area (Å²) in [6.07, 6.45) is 1.68. The van der Waals surface area contributed by atoms with E-state index in [0.717, 1.165) is 44.1 Å². The Bertz CT molecular complexity index is 1510. The summed E-state index contributed by atoms with van der Waals surface area (Å²) in [6, 6.07) is 16.8. The fraction of sp³-hybridized carbons (Fsp3) is 0.120. The molecule has 1 aliphatic rings. The van der Waals surface area contributed by atoms with Gasteiger partial charge in [0.15, 0.2) is 11.7 Å². The molecule has 0 unspecified atom stereocenters. The van der Waals surface area contributed by atoms with Crippen molar-refractivity contribution in [2.75, 3.05) is 18.5 Å². The number of ether oxygens (including phenoxy) is 2. The first kappa shape index (κ1) is 22.9. The first-order valence-corrected chi connectivity index (χ1v) is 12.3. The molecule has 1 aliphatic heterocycles. The van der Waals surface area contributed by atoms with Crippen molar-refractivity contribution in [3.8, 4) is 11.5 Å². The van der Waals surface area contributed by atoms with Gasteiger partial charge in [0.1, 0.15) is 11.5 Å². The Balaban J connectivity index is 1.22. The van der Waals surface area contributed by atoms with Crippen LogP contribution in [0.5, 0.6) is 11.5 Å². The maximum Gasteiger partial charge on any atom is 0.290 e. The average molecular weight is 506 g/mol. The van der Waals surface area contributed by atoms with Crippen molar-refractivity contribution in [2.45, 2.75) is 6.92 Å². The number of nitrogens with one attached hydrogen (secondary N) is 2. The number of imide groups is 1. The molecule has 2 heterocycles. The molecular weight excluding hydrogens is 486 g/mol. The molecule has 0 bridgehead atoms. The van der Waals surface area contributed by atoms with Gasteiger partial charge in [0.25, 0.3) is 17.1 Å². The third-order valence-corrected chi connectivity index (χ3v) is 6.81. The molecular formula is C25H19N3O5S2. The van der Waals surface area contributed by atoms with Gasteiger partial charge in [-0.05, 0) is 77.5 Å². The standard InChI is InChI=1S/C25H19N3O5S2/c1-2-32-18-7-8-19-20(12-18)34-24(26-19)27-22(29)13-33-17-6-5-15-9-14(3-4-16(15)11-17)10-21-23(30)28-25(31)35-21/h3-12H,2,13H2,1H3,(H,26,27,29)(H,28,30,31)/b21-10+. The van der Waals surface area contributed by atoms with E-state index in [1.54, 1.807) is 12.1 Å². The number of amides is 3. The highest BCUT2D eigenvalue weighted by molar-refractivity contribution is 8.18. The summed E-state index contributed by atoms with van der Waals surface area (Å²) in [7, 11) is 0. The Labute approximate surface area is 208 Å². The zero-order valence-corrected chi connectivity index (χ0v) is 20.1. The third-order valence-electron chi connectivity index (χ3n) is 5.06. The van der Waals surface area contributed by atoms with E-state index in [1.807, 2.05) is 55.5 Å². The number of aromatic nitrogens is 1. The summed E-state index contributed by atoms with van der Waals surface area (Å²) in [4.78, 5) is 40.3. The number of benzene rings is 3. The topological polar surface area (TPSA) is 107 Å². The molecule has 1 aromatic heterocycles. The van der Waals surface area contributed by atoms with Crippen molar-refractivity contribution in [3.05, 3.63) is 65.1 Å². The lowest BCUT2D eigenvalue weighted by Gasteiger charge is -2.07. The molecule has 35 heavy (non-hydrogen) atoms. The highest BCUT2D eigenvalue weighted by atomic mass is 32.2. The molecule has 0 spiro atoms. The molecule has 5 rings (SSSR count). The lowest BCUT2D eigenvalue weighted by atomic mass is 10.1. The van der Waals surface area contributed by atoms with Crippen molar-refractivity contribution >= 4 is 72.3 Å². The number of anilines is 1. The number of hydrogen-bond acceptors (Lipinski definition) is 8. The molecule has 10 heteroatoms. The molecule has 2 N–H and O–H groups in total. The van der Waals surface area contributed by atoms with E-state index < -0.39 is 0 Å². The molecule has 1 saturated heterocycles. The van der Waals surface area contributed by atoms with Crippen LogP contribution in [0.2, 0.25) is 0 Å². The fourth-order valence-corrected chi connectivity index (χ4v) is 5.11. The molecule has 0 radical (unpaired) electrons. The monoisotopic (exact) mass is 505 g/mol. The number of carbonyl (C=O) groups is 3. The van der Waals surface area contributed by atoms with Gasteiger partial charge in [0.05, 0.1) is 21.7 Å². The van der Waals surface area contributed by atoms with Crippen molar-refractivity contribution < 1.29 is 23.9 Å². The zero-order chi connectivity index (χ0) is 24.4. The summed E-state index contributed by atoms with van der Waals surface area (Å²) in [5.74, 6) is 0.630. The predicted octanol–water partition coefficient (Wildman–Crippen LogP) is 5.19. The number of fused-ring (bicyclic) bond motifs is 2. The van der Waals surface area contributed by atoms with E-state index in [1.165, 1.54) is 11.3 Å². The van der Waals surface area contributed by atoms with Crippen LogP contribution in [0, 0.1) is 0 Å². The minimum Gasteiger partial charge on any atom is -0.494 e. The van der Waals surface area contributed by atoms with Gasteiger partial charge in [0.2, 0.25) is 0 Å². The van der Waals surface area contributed by atoms with Crippen LogP contribution >= 0.6 is 23.1 Å². The number of thioether (sulfide) groups is 1. The van der Waals surface area contributed by atoms with Gasteiger partial charge in [0, 0.05) is 0 Å². The van der Waals surface area contributed by atoms with E-state index in [9.17, 15) is 14.4 Å². The van der Waals surface area contributed by atoms with Crippen LogP contribution in [0.3, 0.4) is 0 Å². The summed E-state index contributed by atoms with van der Waals surface area (Å²) in [5, 5.41) is 7.00. The third kappa shape index (κ3) is 5.28. The van der Waals surface area contributed by atoms with Crippen LogP contribution in [0.4, 0.5) is 9.93 Å². The Morgan fingerprint density at radius 3 is 2.60 bits per heavy atom. The van der Waals surface area contributed by atoms with Crippen LogP contribution in [-0.4, -0.2) is 35.3 Å². The molecule has 4 aromatic rings. The molecule has 176 valence electrons. The van der Waals surface area contributed by atoms with Crippen molar-refractivity contribution in [2.24, 2.45) is 0 Å². The van der Waals surface area contributed by atoms with Gasteiger partial charge in [-0.15, -0.1) is 0 Å². The quantitative estimate of drug-likeness (QED) is 0.333. The predicted molar refractivity (Wildman–Crippen MR) is 138 cm³/mol. The van der Waals surface area contributed by atoms with Crippen LogP contribution in [0.25, 0.3) is 27.1 Å². The van der Waals surface area contributed by atoms with Crippen LogP contribution < -0.4 is 20.1 Å². The Kier molecular flexibility index (Phi) is 6.39. The summed E-state index contributed by atoms with van der Waals surface area (Å²) in [6.45, 7) is 2.35. The number of hydrogen-bond donors (Lipinski definition) is 2. The van der Waals surface area contributed by atoms with E-state index in [-0.39, 0.29) is 23.7 Å². The van der Waals surface area contributed by atoms with Gasteiger partial charge in [-0.3, -0.25) is 25.0 Å². The second kappa shape index (κ2) is 9.77. The van der Waals surface area contributed by atoms with Crippen molar-refractivity contribution in [1.82, 2.24) is 10.3 Å². The van der Waals surface area contributed by atoms with Crippen LogP contribution in [-0.2, 0) is 9.59 Å². The number of thiazole rings is 1. The zero-order valence-electron chi connectivity index (χ0n) is 18.5. The van der Waals surface area contributed by atoms with E-state index in [4.69, 9.17) is 9.47 Å². The summed E-state index contributed by atoms with van der Waals surface area (Å²) < 4.78 is 12.1. The maximum absolute atomic E-state index is 12.4. The number of nitrogens with zero attached hydrogens (tertiary/aromatic N) is 1. The Morgan fingerprint density at radius 1 is 1.03 bits per heavy atom. The van der Waals surface area contributed by atoms with Gasteiger partial charge in [-0.25, -0.2) is 4.98 Å². The largest absolute Gasteiger partial charge is 0.494 e. The first-order valence-electron chi connectivity index (χ1n) is 10.7. The lowest BCUT2D eigenvalue weighted by Crippen LogP contribution is -2.19. The summed E-state index contributed by atoms with van der Waals surface area (Å²) >= 11 is 2.26. The Hall–Kier alpha value is -3.89. The second-order valence-corrected chi connectivity index (χ2v) is 9.58. The minimum absolute atomic E-state index is 0.157. The molecule has 0 aliphatic carbocycles. The van der Waals surface area contributed by atoms with Crippen molar-refractivity contribution in [3.63, 3.8) is 0 Å². The molecule has 3 aromatic carbocycles. The first-order chi connectivity index (χ1) is 17.0. The Morgan fingerprint density at radius 2 is 1.80 bits per heavy atom. The highest BCUT2D eigenvalue weighted by Gasteiger charge is 2.24. The molecule has 1 fully saturated rings. The molecule has 8 nitrogen and oxygen atoms in total. The van der Waals surface area contributed by atoms with Gasteiger partial charge in [-0.1, -0.05) is 29.5 Å². The molecule has 0 saturated carbocycles. The molecule has 0 atom stereocenters. The van der Waals surface area contributed by atoms with Gasteiger partial charge in [-0.2, -0.15) is 0 Å². The van der Waals surface area contributed by atoms with E-state index in [0.29, 0.717) is 22.4 Å². The number of carbonyl (C=O) groups excluding carboxylic acids is 3. The normalized spacial score (nSPS) is 14.5. The SMILES string of the molecule is CCOc1ccc2nc(NC(=O)COc3ccc4cc(/C=C5/SC(=O)NC5=O)ccc4c3)sc2c1. The smallest absolute Gasteiger partial charge is 0.290 e. The highest BCUT2D eigenvalue weighted by Crippen LogP contribution is 2.30. The second-order valence-electron chi connectivity index (χ2n) is 7.54. The summed E-state index contributed by atoms with van der Waals surface area (Å²) in [5.41, 5.74) is 1.60. The molecule has 3 amide bonds.